The van der Waals surface area contributed by atoms with Crippen LogP contribution in [0, 0.1) is 23.8 Å². The third kappa shape index (κ3) is 8.16. The van der Waals surface area contributed by atoms with E-state index < -0.39 is 0 Å². The van der Waals surface area contributed by atoms with Crippen LogP contribution in [0.1, 0.15) is 99.1 Å². The molecule has 0 spiro atoms. The molecular weight excluding hydrogens is 829 g/mol. The Balaban J connectivity index is 0.000000301. The molecule has 48 heavy (non-hydrogen) atoms. The number of fused-ring (bicyclic) bond motifs is 4. The molecule has 0 aliphatic heterocycles. The summed E-state index contributed by atoms with van der Waals surface area (Å²) in [6.07, 6.45) is 6.44. The van der Waals surface area contributed by atoms with E-state index in [1.807, 2.05) is 47.0 Å². The van der Waals surface area contributed by atoms with Crippen molar-refractivity contribution in [3.63, 3.8) is 0 Å². The second-order valence-electron chi connectivity index (χ2n) is 13.9. The van der Waals surface area contributed by atoms with E-state index in [9.17, 15) is 9.90 Å². The van der Waals surface area contributed by atoms with Gasteiger partial charge in [-0.25, -0.2) is 4.98 Å². The van der Waals surface area contributed by atoms with Crippen LogP contribution < -0.4 is 0 Å². The van der Waals surface area contributed by atoms with Gasteiger partial charge in [0.1, 0.15) is 12.1 Å². The largest absolute Gasteiger partial charge is 0.512 e. The Morgan fingerprint density at radius 2 is 1.58 bits per heavy atom. The molecule has 3 heterocycles. The van der Waals surface area contributed by atoms with E-state index in [4.69, 9.17) is 0 Å². The molecule has 0 aliphatic rings. The summed E-state index contributed by atoms with van der Waals surface area (Å²) in [7, 11) is 0. The minimum atomic E-state index is -0.337. The van der Waals surface area contributed by atoms with E-state index in [2.05, 4.69) is 80.0 Å². The van der Waals surface area contributed by atoms with Gasteiger partial charge in [0.05, 0.1) is 5.52 Å². The summed E-state index contributed by atoms with van der Waals surface area (Å²) in [6, 6.07) is 12.4. The number of rotatable bonds is 10. The van der Waals surface area contributed by atoms with Crippen molar-refractivity contribution in [2.24, 2.45) is 10.8 Å². The minimum Gasteiger partial charge on any atom is -0.512 e. The van der Waals surface area contributed by atoms with Gasteiger partial charge in [-0.1, -0.05) is 73.8 Å². The molecule has 0 fully saturated rings. The van der Waals surface area contributed by atoms with Gasteiger partial charge in [-0.15, -0.1) is 52.0 Å². The van der Waals surface area contributed by atoms with Gasteiger partial charge in [-0.05, 0) is 71.9 Å². The number of allylic oxidation sites excluding steroid dienone is 2. The first-order chi connectivity index (χ1) is 22.2. The van der Waals surface area contributed by atoms with Gasteiger partial charge in [0.25, 0.3) is 0 Å². The topological polar surface area (TPSA) is 63.1 Å². The van der Waals surface area contributed by atoms with E-state index >= 15 is 0 Å². The molecule has 0 bridgehead atoms. The van der Waals surface area contributed by atoms with Gasteiger partial charge in [0.2, 0.25) is 0 Å². The van der Waals surface area contributed by atoms with Crippen LogP contribution in [0.3, 0.4) is 0 Å². The van der Waals surface area contributed by atoms with Gasteiger partial charge < -0.3 is 5.11 Å². The van der Waals surface area contributed by atoms with Crippen molar-refractivity contribution in [2.75, 3.05) is 0 Å². The third-order valence-corrected chi connectivity index (χ3v) is 12.9. The van der Waals surface area contributed by atoms with Crippen LogP contribution in [0.15, 0.2) is 64.7 Å². The van der Waals surface area contributed by atoms with Gasteiger partial charge in [0, 0.05) is 62.2 Å². The molecule has 5 rings (SSSR count). The smallest absolute Gasteiger partial charge is 0.164 e. The normalized spacial score (nSPS) is 12.6. The number of carbonyl (C=O) groups is 1. The Bertz CT molecular complexity index is 1940. The zero-order valence-electron chi connectivity index (χ0n) is 30.0. The van der Waals surface area contributed by atoms with Crippen LogP contribution in [0.4, 0.5) is 0 Å². The predicted octanol–water partition coefficient (Wildman–Crippen LogP) is 13.0. The van der Waals surface area contributed by atoms with E-state index in [0.717, 1.165) is 47.2 Å². The van der Waals surface area contributed by atoms with Crippen LogP contribution in [0.2, 0.25) is 0 Å². The Morgan fingerprint density at radius 1 is 0.958 bits per heavy atom. The Morgan fingerprint density at radius 3 is 2.17 bits per heavy atom. The molecule has 4 nitrogen and oxygen atoms in total. The average molecular weight is 878 g/mol. The van der Waals surface area contributed by atoms with Crippen molar-refractivity contribution < 1.29 is 30.0 Å². The van der Waals surface area contributed by atoms with Crippen LogP contribution in [-0.2, 0) is 30.3 Å². The van der Waals surface area contributed by atoms with E-state index in [-0.39, 0.29) is 47.9 Å². The predicted molar refractivity (Wildman–Crippen MR) is 207 cm³/mol. The summed E-state index contributed by atoms with van der Waals surface area (Å²) >= 11 is 5.22. The first-order valence-electron chi connectivity index (χ1n) is 16.5. The molecule has 8 heteroatoms. The molecule has 0 amide bonds. The molecular formula is C40H49IrN2O2S3-. The summed E-state index contributed by atoms with van der Waals surface area (Å²) in [6.45, 7) is 24.9. The number of ketones is 1. The number of hydrogen-bond donors (Lipinski definition) is 1. The first kappa shape index (κ1) is 40.1. The quantitative estimate of drug-likeness (QED) is 0.0655. The number of thiophene rings is 2. The zero-order valence-corrected chi connectivity index (χ0v) is 34.8. The molecule has 0 saturated heterocycles. The maximum atomic E-state index is 12.2. The number of aliphatic hydroxyl groups is 1. The van der Waals surface area contributed by atoms with Gasteiger partial charge in [-0.2, -0.15) is 11.8 Å². The molecule has 5 aromatic rings. The van der Waals surface area contributed by atoms with Crippen molar-refractivity contribution in [1.82, 2.24) is 9.97 Å². The fourth-order valence-corrected chi connectivity index (χ4v) is 8.43. The fraction of sp³-hybridized carbons (Fsp3) is 0.425. The standard InChI is InChI=1S/C25H21N2S3.C15H28O2.Ir/c1-6-28-19-8-7-15(9-18(19)25(3,4)5)22-24-23(27-13-26-22)17-11-20-16(10-21(17)30-24)14(2)12-29-20;1-7-14(5,8-2)12(16)11-13(17)15(6,9-3)10-4;/h6,8-13H,1H2,2-5H3;11,16H,7-10H2,1-6H3;/q-1;;/b;12-11-;. The Labute approximate surface area is 312 Å². The van der Waals surface area contributed by atoms with E-state index in [0.29, 0.717) is 0 Å². The number of aromatic nitrogens is 2. The van der Waals surface area contributed by atoms with Gasteiger partial charge in [0.15, 0.2) is 5.78 Å². The number of hydrogen-bond acceptors (Lipinski definition) is 7. The maximum absolute atomic E-state index is 12.2. The maximum Gasteiger partial charge on any atom is 0.164 e. The second-order valence-corrected chi connectivity index (χ2v) is 16.8. The number of nitrogens with zero attached hydrogens (tertiary/aromatic N) is 2. The van der Waals surface area contributed by atoms with Crippen LogP contribution >= 0.6 is 34.4 Å². The van der Waals surface area contributed by atoms with Crippen molar-refractivity contribution in [2.45, 2.75) is 105 Å². The fourth-order valence-electron chi connectivity index (χ4n) is 5.49. The number of benzene rings is 2. The summed E-state index contributed by atoms with van der Waals surface area (Å²) in [4.78, 5) is 22.7. The van der Waals surface area contributed by atoms with Crippen molar-refractivity contribution in [1.29, 1.82) is 0 Å². The van der Waals surface area contributed by atoms with Crippen LogP contribution in [-0.4, -0.2) is 20.9 Å². The van der Waals surface area contributed by atoms with E-state index in [1.54, 1.807) is 40.8 Å². The van der Waals surface area contributed by atoms with Crippen molar-refractivity contribution >= 4 is 70.6 Å². The number of carbonyl (C=O) groups excluding carboxylic acids is 1. The number of aryl methyl sites for hydroxylation is 1. The van der Waals surface area contributed by atoms with Gasteiger partial charge in [-0.3, -0.25) is 9.78 Å². The summed E-state index contributed by atoms with van der Waals surface area (Å²) in [5.74, 6) is 0.286. The molecule has 0 unspecified atom stereocenters. The van der Waals surface area contributed by atoms with Crippen LogP contribution in [0.5, 0.6) is 0 Å². The summed E-state index contributed by atoms with van der Waals surface area (Å²) < 4.78 is 3.70. The summed E-state index contributed by atoms with van der Waals surface area (Å²) in [5.41, 5.74) is 5.04. The summed E-state index contributed by atoms with van der Waals surface area (Å²) in [5, 5.41) is 16.8. The first-order valence-corrected chi connectivity index (χ1v) is 19.1. The third-order valence-electron chi connectivity index (χ3n) is 9.93. The number of thioether (sulfide) groups is 1. The van der Waals surface area contributed by atoms with Crippen LogP contribution in [0.25, 0.3) is 41.6 Å². The number of aliphatic hydroxyl groups excluding tert-OH is 1. The van der Waals surface area contributed by atoms with E-state index in [1.165, 1.54) is 42.3 Å². The molecule has 0 saturated carbocycles. The second kappa shape index (κ2) is 16.1. The van der Waals surface area contributed by atoms with Crippen molar-refractivity contribution in [3.8, 4) is 11.3 Å². The molecule has 0 atom stereocenters. The minimum absolute atomic E-state index is 0. The average Bonchev–Trinajstić information content (AvgIpc) is 3.62. The molecule has 2 aromatic carbocycles. The molecule has 0 aliphatic carbocycles. The Hall–Kier alpha value is -2.35. The molecule has 3 aromatic heterocycles. The monoisotopic (exact) mass is 878 g/mol. The molecule has 259 valence electrons. The molecule has 1 radical (unpaired) electrons. The molecule has 1 N–H and O–H groups in total. The Kier molecular flexibility index (Phi) is 13.5. The SMILES string of the molecule is C=CSc1c[c-]c(-c2ncnc3c2sc2cc4c(C)csc4cc23)cc1C(C)(C)C.CCC(C)(CC)C(=O)/C=C(\O)C(C)(CC)CC.[Ir]. The zero-order chi connectivity index (χ0) is 34.7. The van der Waals surface area contributed by atoms with Gasteiger partial charge >= 0.3 is 0 Å². The van der Waals surface area contributed by atoms with Crippen molar-refractivity contribution in [3.05, 3.63) is 77.0 Å².